The first kappa shape index (κ1) is 18.3. The van der Waals surface area contributed by atoms with Gasteiger partial charge >= 0.3 is 0 Å². The summed E-state index contributed by atoms with van der Waals surface area (Å²) in [7, 11) is 5.04. The molecule has 0 bridgehead atoms. The van der Waals surface area contributed by atoms with Crippen molar-refractivity contribution in [1.29, 1.82) is 0 Å². The summed E-state index contributed by atoms with van der Waals surface area (Å²) in [6.45, 7) is 9.69. The third-order valence-corrected chi connectivity index (χ3v) is 5.35. The minimum atomic E-state index is 0.348. The van der Waals surface area contributed by atoms with Crippen molar-refractivity contribution in [2.24, 2.45) is 0 Å². The molecule has 1 N–H and O–H groups in total. The fourth-order valence-electron chi connectivity index (χ4n) is 4.10. The lowest BCUT2D eigenvalue weighted by molar-refractivity contribution is 0.0913. The first-order valence-corrected chi connectivity index (χ1v) is 9.22. The molecule has 0 spiro atoms. The van der Waals surface area contributed by atoms with Crippen LogP contribution in [-0.4, -0.2) is 70.4 Å². The molecule has 6 nitrogen and oxygen atoms in total. The highest BCUT2D eigenvalue weighted by Crippen LogP contribution is 2.45. The van der Waals surface area contributed by atoms with E-state index in [2.05, 4.69) is 28.1 Å². The smallest absolute Gasteiger partial charge is 0.203 e. The van der Waals surface area contributed by atoms with Crippen molar-refractivity contribution in [2.75, 3.05) is 60.6 Å². The summed E-state index contributed by atoms with van der Waals surface area (Å²) in [5, 5.41) is 3.56. The molecule has 0 aliphatic carbocycles. The van der Waals surface area contributed by atoms with Crippen molar-refractivity contribution in [2.45, 2.75) is 25.9 Å². The van der Waals surface area contributed by atoms with Crippen LogP contribution in [0.15, 0.2) is 6.07 Å². The highest BCUT2D eigenvalue weighted by atomic mass is 16.5. The van der Waals surface area contributed by atoms with Crippen molar-refractivity contribution >= 4 is 0 Å². The maximum atomic E-state index is 5.69. The number of nitrogens with one attached hydrogen (secondary N) is 1. The van der Waals surface area contributed by atoms with Gasteiger partial charge in [-0.25, -0.2) is 0 Å². The number of nitrogens with zero attached hydrogens (tertiary/aromatic N) is 2. The Morgan fingerprint density at radius 3 is 2.36 bits per heavy atom. The summed E-state index contributed by atoms with van der Waals surface area (Å²) in [6.07, 6.45) is 1.22. The molecular weight excluding hydrogens is 318 g/mol. The van der Waals surface area contributed by atoms with Gasteiger partial charge in [0.25, 0.3) is 0 Å². The van der Waals surface area contributed by atoms with Crippen LogP contribution in [0.2, 0.25) is 0 Å². The van der Waals surface area contributed by atoms with Crippen LogP contribution in [0.1, 0.15) is 30.5 Å². The molecule has 6 heteroatoms. The summed E-state index contributed by atoms with van der Waals surface area (Å²) in [6, 6.07) is 2.49. The van der Waals surface area contributed by atoms with E-state index in [-0.39, 0.29) is 0 Å². The number of hydrogen-bond acceptors (Lipinski definition) is 6. The van der Waals surface area contributed by atoms with Crippen LogP contribution < -0.4 is 19.5 Å². The molecule has 2 heterocycles. The Morgan fingerprint density at radius 1 is 1.04 bits per heavy atom. The molecule has 140 valence electrons. The maximum Gasteiger partial charge on any atom is 0.203 e. The second-order valence-corrected chi connectivity index (χ2v) is 6.74. The second kappa shape index (κ2) is 8.25. The van der Waals surface area contributed by atoms with Gasteiger partial charge in [0.1, 0.15) is 0 Å². The van der Waals surface area contributed by atoms with Crippen molar-refractivity contribution in [3.8, 4) is 17.2 Å². The van der Waals surface area contributed by atoms with Gasteiger partial charge in [0, 0.05) is 50.9 Å². The molecule has 2 aliphatic heterocycles. The number of rotatable bonds is 6. The van der Waals surface area contributed by atoms with Crippen LogP contribution in [-0.2, 0) is 6.54 Å². The molecule has 1 fully saturated rings. The Bertz CT molecular complexity index is 586. The minimum Gasteiger partial charge on any atom is -0.493 e. The molecule has 0 radical (unpaired) electrons. The topological polar surface area (TPSA) is 46.2 Å². The highest BCUT2D eigenvalue weighted by molar-refractivity contribution is 5.60. The fraction of sp³-hybridized carbons (Fsp3) is 0.684. The molecule has 1 aromatic carbocycles. The summed E-state index contributed by atoms with van der Waals surface area (Å²) in [5.41, 5.74) is 2.49. The van der Waals surface area contributed by atoms with Crippen LogP contribution in [0.25, 0.3) is 0 Å². The first-order chi connectivity index (χ1) is 12.2. The lowest BCUT2D eigenvalue weighted by Gasteiger charge is -2.42. The first-order valence-electron chi connectivity index (χ1n) is 9.22. The molecule has 2 aliphatic rings. The number of fused-ring (bicyclic) bond motifs is 1. The van der Waals surface area contributed by atoms with Crippen LogP contribution >= 0.6 is 0 Å². The normalized spacial score (nSPS) is 21.7. The Balaban J connectivity index is 1.89. The number of methoxy groups -OCH3 is 3. The summed E-state index contributed by atoms with van der Waals surface area (Å²) in [5.74, 6) is 2.22. The van der Waals surface area contributed by atoms with E-state index >= 15 is 0 Å². The zero-order valence-electron chi connectivity index (χ0n) is 15.9. The van der Waals surface area contributed by atoms with E-state index in [4.69, 9.17) is 14.2 Å². The van der Waals surface area contributed by atoms with Gasteiger partial charge in [-0.3, -0.25) is 4.90 Å². The Labute approximate surface area is 151 Å². The van der Waals surface area contributed by atoms with Gasteiger partial charge in [-0.1, -0.05) is 6.92 Å². The van der Waals surface area contributed by atoms with E-state index in [0.29, 0.717) is 11.8 Å². The summed E-state index contributed by atoms with van der Waals surface area (Å²) in [4.78, 5) is 5.14. The lowest BCUT2D eigenvalue weighted by Crippen LogP contribution is -2.50. The van der Waals surface area contributed by atoms with Gasteiger partial charge in [0.05, 0.1) is 21.3 Å². The molecule has 0 aromatic heterocycles. The van der Waals surface area contributed by atoms with Crippen molar-refractivity contribution in [1.82, 2.24) is 15.1 Å². The molecule has 25 heavy (non-hydrogen) atoms. The molecule has 0 amide bonds. The number of piperazine rings is 1. The van der Waals surface area contributed by atoms with Crippen LogP contribution in [0.4, 0.5) is 0 Å². The minimum absolute atomic E-state index is 0.348. The Hall–Kier alpha value is -1.50. The van der Waals surface area contributed by atoms with Crippen LogP contribution in [0.5, 0.6) is 17.2 Å². The van der Waals surface area contributed by atoms with Gasteiger partial charge < -0.3 is 24.4 Å². The summed E-state index contributed by atoms with van der Waals surface area (Å²) >= 11 is 0. The molecule has 1 saturated heterocycles. The number of benzene rings is 1. The van der Waals surface area contributed by atoms with E-state index < -0.39 is 0 Å². The Morgan fingerprint density at radius 2 is 1.76 bits per heavy atom. The van der Waals surface area contributed by atoms with E-state index in [0.717, 1.165) is 50.8 Å². The van der Waals surface area contributed by atoms with Gasteiger partial charge in [-0.15, -0.1) is 0 Å². The second-order valence-electron chi connectivity index (χ2n) is 6.74. The monoisotopic (exact) mass is 349 g/mol. The largest absolute Gasteiger partial charge is 0.493 e. The number of hydrogen-bond donors (Lipinski definition) is 1. The molecule has 0 saturated carbocycles. The average Bonchev–Trinajstić information content (AvgIpc) is 2.66. The van der Waals surface area contributed by atoms with Gasteiger partial charge in [0.15, 0.2) is 11.5 Å². The van der Waals surface area contributed by atoms with Gasteiger partial charge in [0.2, 0.25) is 5.75 Å². The van der Waals surface area contributed by atoms with E-state index in [1.807, 2.05) is 0 Å². The summed E-state index contributed by atoms with van der Waals surface area (Å²) < 4.78 is 16.8. The molecule has 0 unspecified atom stereocenters. The number of ether oxygens (including phenoxy) is 3. The van der Waals surface area contributed by atoms with Crippen molar-refractivity contribution in [3.63, 3.8) is 0 Å². The predicted octanol–water partition coefficient (Wildman–Crippen LogP) is 1.88. The molecule has 1 aromatic rings. The van der Waals surface area contributed by atoms with Gasteiger partial charge in [-0.05, 0) is 24.6 Å². The highest BCUT2D eigenvalue weighted by Gasteiger charge is 2.32. The van der Waals surface area contributed by atoms with Crippen molar-refractivity contribution < 1.29 is 14.2 Å². The third kappa shape index (κ3) is 3.57. The molecule has 3 rings (SSSR count). The molecular formula is C19H31N3O3. The van der Waals surface area contributed by atoms with Crippen LogP contribution in [0, 0.1) is 0 Å². The van der Waals surface area contributed by atoms with E-state index in [9.17, 15) is 0 Å². The fourth-order valence-corrected chi connectivity index (χ4v) is 4.10. The molecule has 1 atom stereocenters. The zero-order chi connectivity index (χ0) is 17.8. The standard InChI is InChI=1S/C19H31N3O3/c1-5-6-21-7-9-22(10-8-21)16-13-20-12-15-14(16)11-17(23-2)19(25-4)18(15)24-3/h11,16,20H,5-10,12-13H2,1-4H3/t16-/m0/s1. The zero-order valence-corrected chi connectivity index (χ0v) is 15.9. The van der Waals surface area contributed by atoms with Gasteiger partial charge in [-0.2, -0.15) is 0 Å². The van der Waals surface area contributed by atoms with E-state index in [1.54, 1.807) is 21.3 Å². The van der Waals surface area contributed by atoms with Crippen molar-refractivity contribution in [3.05, 3.63) is 17.2 Å². The SMILES string of the molecule is CCCN1CCN([C@H]2CNCc3c2cc(OC)c(OC)c3OC)CC1. The average molecular weight is 349 g/mol. The van der Waals surface area contributed by atoms with E-state index in [1.165, 1.54) is 24.1 Å². The van der Waals surface area contributed by atoms with Crippen LogP contribution in [0.3, 0.4) is 0 Å². The predicted molar refractivity (Wildman–Crippen MR) is 98.8 cm³/mol. The lowest BCUT2D eigenvalue weighted by atomic mass is 9.93. The third-order valence-electron chi connectivity index (χ3n) is 5.35. The Kier molecular flexibility index (Phi) is 6.04. The quantitative estimate of drug-likeness (QED) is 0.846. The maximum absolute atomic E-state index is 5.69.